The number of aromatic nitrogens is 1. The van der Waals surface area contributed by atoms with Gasteiger partial charge in [-0.05, 0) is 37.3 Å². The Kier molecular flexibility index (Phi) is 5.99. The second-order valence-corrected chi connectivity index (χ2v) is 5.68. The van der Waals surface area contributed by atoms with E-state index < -0.39 is 0 Å². The van der Waals surface area contributed by atoms with Crippen molar-refractivity contribution in [3.05, 3.63) is 23.9 Å². The van der Waals surface area contributed by atoms with E-state index in [0.717, 1.165) is 19.3 Å². The molecule has 1 aromatic rings. The first-order valence-electron chi connectivity index (χ1n) is 7.87. The maximum Gasteiger partial charge on any atom is 0.252 e. The average Bonchev–Trinajstić information content (AvgIpc) is 3.05. The topological polar surface area (TPSA) is 74.2 Å². The van der Waals surface area contributed by atoms with Gasteiger partial charge in [0.2, 0.25) is 0 Å². The Morgan fingerprint density at radius 1 is 1.43 bits per heavy atom. The van der Waals surface area contributed by atoms with E-state index in [4.69, 9.17) is 0 Å². The second-order valence-electron chi connectivity index (χ2n) is 5.68. The molecule has 1 unspecified atom stereocenters. The maximum atomic E-state index is 11.7. The van der Waals surface area contributed by atoms with Gasteiger partial charge < -0.3 is 15.7 Å². The van der Waals surface area contributed by atoms with E-state index in [1.165, 1.54) is 12.8 Å². The molecule has 5 nitrogen and oxygen atoms in total. The number of hydrogen-bond acceptors (Lipinski definition) is 4. The highest BCUT2D eigenvalue weighted by Gasteiger charge is 2.22. The fraction of sp³-hybridized carbons (Fsp3) is 0.625. The molecule has 1 aliphatic rings. The molecule has 1 amide bonds. The third-order valence-electron chi connectivity index (χ3n) is 4.00. The number of aliphatic hydroxyl groups is 1. The van der Waals surface area contributed by atoms with E-state index in [0.29, 0.717) is 30.4 Å². The Hall–Kier alpha value is -1.62. The fourth-order valence-corrected chi connectivity index (χ4v) is 2.69. The first-order chi connectivity index (χ1) is 10.2. The summed E-state index contributed by atoms with van der Waals surface area (Å²) in [6.45, 7) is 3.20. The molecule has 0 saturated heterocycles. The van der Waals surface area contributed by atoms with Crippen LogP contribution in [0.5, 0.6) is 0 Å². The predicted molar refractivity (Wildman–Crippen MR) is 83.3 cm³/mol. The number of aliphatic hydroxyl groups excluding tert-OH is 1. The molecule has 0 spiro atoms. The molecule has 0 aromatic carbocycles. The van der Waals surface area contributed by atoms with Gasteiger partial charge in [-0.25, -0.2) is 4.98 Å². The number of carbonyl (C=O) groups is 1. The summed E-state index contributed by atoms with van der Waals surface area (Å²) in [6.07, 6.45) is 6.84. The molecule has 1 atom stereocenters. The molecule has 0 radical (unpaired) electrons. The number of nitrogens with one attached hydrogen (secondary N) is 2. The third kappa shape index (κ3) is 4.70. The van der Waals surface area contributed by atoms with Gasteiger partial charge in [0.25, 0.3) is 5.91 Å². The molecule has 116 valence electrons. The van der Waals surface area contributed by atoms with Crippen molar-refractivity contribution in [1.29, 1.82) is 0 Å². The number of pyridine rings is 1. The van der Waals surface area contributed by atoms with Crippen LogP contribution in [0, 0.1) is 5.92 Å². The van der Waals surface area contributed by atoms with Crippen molar-refractivity contribution in [2.24, 2.45) is 5.92 Å². The number of nitrogens with zero attached hydrogens (tertiary/aromatic N) is 1. The Morgan fingerprint density at radius 2 is 2.19 bits per heavy atom. The van der Waals surface area contributed by atoms with Gasteiger partial charge in [0.05, 0.1) is 11.7 Å². The second kappa shape index (κ2) is 7.98. The SMILES string of the molecule is CCCNC(=O)c1ccc(NCC(O)C2CCCC2)nc1. The third-order valence-corrected chi connectivity index (χ3v) is 4.00. The number of carbonyl (C=O) groups excluding carboxylic acids is 1. The molecule has 0 bridgehead atoms. The predicted octanol–water partition coefficient (Wildman–Crippen LogP) is 2.18. The zero-order valence-corrected chi connectivity index (χ0v) is 12.6. The lowest BCUT2D eigenvalue weighted by Gasteiger charge is -2.18. The Balaban J connectivity index is 1.80. The minimum atomic E-state index is -0.318. The first kappa shape index (κ1) is 15.8. The van der Waals surface area contributed by atoms with E-state index in [9.17, 15) is 9.90 Å². The number of hydrogen-bond donors (Lipinski definition) is 3. The lowest BCUT2D eigenvalue weighted by molar-refractivity contribution is 0.0953. The molecular weight excluding hydrogens is 266 g/mol. The molecule has 1 aromatic heterocycles. The maximum absolute atomic E-state index is 11.7. The Labute approximate surface area is 126 Å². The molecule has 5 heteroatoms. The van der Waals surface area contributed by atoms with Crippen molar-refractivity contribution in [3.8, 4) is 0 Å². The smallest absolute Gasteiger partial charge is 0.252 e. The van der Waals surface area contributed by atoms with Crippen LogP contribution in [0.1, 0.15) is 49.4 Å². The summed E-state index contributed by atoms with van der Waals surface area (Å²) in [5, 5.41) is 16.0. The van der Waals surface area contributed by atoms with Gasteiger partial charge in [-0.1, -0.05) is 19.8 Å². The van der Waals surface area contributed by atoms with Crippen molar-refractivity contribution in [2.75, 3.05) is 18.4 Å². The number of amides is 1. The lowest BCUT2D eigenvalue weighted by atomic mass is 10.0. The van der Waals surface area contributed by atoms with Crippen molar-refractivity contribution >= 4 is 11.7 Å². The van der Waals surface area contributed by atoms with Crippen LogP contribution in [0.3, 0.4) is 0 Å². The van der Waals surface area contributed by atoms with Crippen molar-refractivity contribution in [1.82, 2.24) is 10.3 Å². The fourth-order valence-electron chi connectivity index (χ4n) is 2.69. The molecule has 0 aliphatic heterocycles. The molecule has 21 heavy (non-hydrogen) atoms. The highest BCUT2D eigenvalue weighted by Crippen LogP contribution is 2.27. The van der Waals surface area contributed by atoms with Gasteiger partial charge in [-0.15, -0.1) is 0 Å². The quantitative estimate of drug-likeness (QED) is 0.720. The minimum Gasteiger partial charge on any atom is -0.391 e. The standard InChI is InChI=1S/C16H25N3O2/c1-2-9-17-16(21)13-7-8-15(18-10-13)19-11-14(20)12-5-3-4-6-12/h7-8,10,12,14,20H,2-6,9,11H2,1H3,(H,17,21)(H,18,19). The van der Waals surface area contributed by atoms with Crippen molar-refractivity contribution < 1.29 is 9.90 Å². The van der Waals surface area contributed by atoms with Crippen molar-refractivity contribution in [2.45, 2.75) is 45.1 Å². The van der Waals surface area contributed by atoms with Gasteiger partial charge in [0.15, 0.2) is 0 Å². The highest BCUT2D eigenvalue weighted by molar-refractivity contribution is 5.93. The Morgan fingerprint density at radius 3 is 2.81 bits per heavy atom. The van der Waals surface area contributed by atoms with E-state index in [-0.39, 0.29) is 12.0 Å². The van der Waals surface area contributed by atoms with E-state index in [2.05, 4.69) is 15.6 Å². The summed E-state index contributed by atoms with van der Waals surface area (Å²) in [6, 6.07) is 3.53. The van der Waals surface area contributed by atoms with Gasteiger partial charge in [0.1, 0.15) is 5.82 Å². The number of anilines is 1. The summed E-state index contributed by atoms with van der Waals surface area (Å²) in [5.74, 6) is 1.01. The van der Waals surface area contributed by atoms with Crippen LogP contribution in [0.25, 0.3) is 0 Å². The lowest BCUT2D eigenvalue weighted by Crippen LogP contribution is -2.27. The molecule has 1 fully saturated rings. The summed E-state index contributed by atoms with van der Waals surface area (Å²) < 4.78 is 0. The van der Waals surface area contributed by atoms with E-state index in [1.807, 2.05) is 6.92 Å². The first-order valence-corrected chi connectivity index (χ1v) is 7.87. The summed E-state index contributed by atoms with van der Waals surface area (Å²) in [5.41, 5.74) is 0.561. The molecule has 3 N–H and O–H groups in total. The summed E-state index contributed by atoms with van der Waals surface area (Å²) in [7, 11) is 0. The minimum absolute atomic E-state index is 0.0955. The van der Waals surface area contributed by atoms with Gasteiger partial charge in [0, 0.05) is 19.3 Å². The van der Waals surface area contributed by atoms with E-state index >= 15 is 0 Å². The normalized spacial score (nSPS) is 16.7. The molecular formula is C16H25N3O2. The summed E-state index contributed by atoms with van der Waals surface area (Å²) in [4.78, 5) is 16.0. The van der Waals surface area contributed by atoms with E-state index in [1.54, 1.807) is 18.3 Å². The highest BCUT2D eigenvalue weighted by atomic mass is 16.3. The Bertz CT molecular complexity index is 441. The van der Waals surface area contributed by atoms with Crippen LogP contribution >= 0.6 is 0 Å². The monoisotopic (exact) mass is 291 g/mol. The molecule has 1 saturated carbocycles. The van der Waals surface area contributed by atoms with Crippen LogP contribution in [0.4, 0.5) is 5.82 Å². The van der Waals surface area contributed by atoms with Gasteiger partial charge in [-0.3, -0.25) is 4.79 Å². The largest absolute Gasteiger partial charge is 0.391 e. The zero-order valence-electron chi connectivity index (χ0n) is 12.6. The average molecular weight is 291 g/mol. The number of rotatable bonds is 7. The van der Waals surface area contributed by atoms with Crippen LogP contribution in [-0.4, -0.2) is 35.2 Å². The van der Waals surface area contributed by atoms with Gasteiger partial charge in [-0.2, -0.15) is 0 Å². The van der Waals surface area contributed by atoms with Crippen molar-refractivity contribution in [3.63, 3.8) is 0 Å². The van der Waals surface area contributed by atoms with Gasteiger partial charge >= 0.3 is 0 Å². The zero-order chi connectivity index (χ0) is 15.1. The van der Waals surface area contributed by atoms with Crippen LogP contribution in [0.2, 0.25) is 0 Å². The van der Waals surface area contributed by atoms with Crippen LogP contribution in [0.15, 0.2) is 18.3 Å². The molecule has 1 aliphatic carbocycles. The molecule has 1 heterocycles. The van der Waals surface area contributed by atoms with Crippen LogP contribution in [-0.2, 0) is 0 Å². The van der Waals surface area contributed by atoms with Crippen LogP contribution < -0.4 is 10.6 Å². The summed E-state index contributed by atoms with van der Waals surface area (Å²) >= 11 is 0. The molecule has 2 rings (SSSR count).